The molecule has 24 heavy (non-hydrogen) atoms. The van der Waals surface area contributed by atoms with Crippen molar-refractivity contribution in [3.05, 3.63) is 17.5 Å². The van der Waals surface area contributed by atoms with Crippen molar-refractivity contribution in [3.8, 4) is 0 Å². The summed E-state index contributed by atoms with van der Waals surface area (Å²) in [5.41, 5.74) is 1.08. The summed E-state index contributed by atoms with van der Waals surface area (Å²) >= 11 is 0. The van der Waals surface area contributed by atoms with Crippen LogP contribution in [-0.4, -0.2) is 49.1 Å². The molecule has 2 heterocycles. The molecule has 1 fully saturated rings. The molecule has 0 unspecified atom stereocenters. The quantitative estimate of drug-likeness (QED) is 0.781. The minimum absolute atomic E-state index is 0.0983. The molecule has 1 saturated heterocycles. The molecule has 2 atom stereocenters. The summed E-state index contributed by atoms with van der Waals surface area (Å²) in [6, 6.07) is 1.76. The van der Waals surface area contributed by atoms with Crippen molar-refractivity contribution in [1.82, 2.24) is 14.9 Å². The zero-order valence-corrected chi connectivity index (χ0v) is 16.0. The molecule has 1 aliphatic rings. The predicted molar refractivity (Wildman–Crippen MR) is 93.4 cm³/mol. The third-order valence-corrected chi connectivity index (χ3v) is 5.04. The van der Waals surface area contributed by atoms with Crippen LogP contribution in [0.5, 0.6) is 0 Å². The van der Waals surface area contributed by atoms with Gasteiger partial charge in [0.25, 0.3) is 0 Å². The third kappa shape index (κ3) is 5.26. The van der Waals surface area contributed by atoms with Gasteiger partial charge in [-0.2, -0.15) is 0 Å². The minimum Gasteiger partial charge on any atom is -0.444 e. The van der Waals surface area contributed by atoms with E-state index in [1.54, 1.807) is 4.90 Å². The van der Waals surface area contributed by atoms with Crippen LogP contribution in [0.25, 0.3) is 0 Å². The Bertz CT molecular complexity index is 608. The van der Waals surface area contributed by atoms with Gasteiger partial charge in [0, 0.05) is 24.0 Å². The van der Waals surface area contributed by atoms with Crippen molar-refractivity contribution in [2.45, 2.75) is 70.7 Å². The van der Waals surface area contributed by atoms with Gasteiger partial charge in [0.15, 0.2) is 0 Å². The van der Waals surface area contributed by atoms with Crippen LogP contribution in [0.4, 0.5) is 4.79 Å². The lowest BCUT2D eigenvalue weighted by Crippen LogP contribution is -2.48. The first-order valence-electron chi connectivity index (χ1n) is 8.36. The van der Waals surface area contributed by atoms with Gasteiger partial charge in [-0.1, -0.05) is 0 Å². The highest BCUT2D eigenvalue weighted by atomic mass is 32.2. The number of aryl methyl sites for hydroxylation is 2. The van der Waals surface area contributed by atoms with Gasteiger partial charge < -0.3 is 9.64 Å². The van der Waals surface area contributed by atoms with Crippen molar-refractivity contribution < 1.29 is 13.7 Å². The number of carbonyl (C=O) groups excluding carboxylic acids is 1. The summed E-state index contributed by atoms with van der Waals surface area (Å²) in [5.74, 6) is 0.349. The van der Waals surface area contributed by atoms with Crippen LogP contribution in [-0.2, 0) is 15.5 Å². The maximum atomic E-state index is 12.7. The summed E-state index contributed by atoms with van der Waals surface area (Å²) in [4.78, 5) is 22.7. The molecule has 0 saturated carbocycles. The third-order valence-electron chi connectivity index (χ3n) is 3.76. The maximum Gasteiger partial charge on any atom is 0.410 e. The zero-order chi connectivity index (χ0) is 17.9. The minimum atomic E-state index is -1.33. The summed E-state index contributed by atoms with van der Waals surface area (Å²) in [6.07, 6.45) is 2.47. The molecular formula is C17H27N3O3S. The highest BCUT2D eigenvalue weighted by molar-refractivity contribution is 7.84. The fourth-order valence-electron chi connectivity index (χ4n) is 2.78. The molecule has 1 aliphatic heterocycles. The van der Waals surface area contributed by atoms with Crippen LogP contribution in [0, 0.1) is 13.8 Å². The Labute approximate surface area is 146 Å². The molecule has 0 bridgehead atoms. The number of carbonyl (C=O) groups is 1. The fraction of sp³-hybridized carbons (Fsp3) is 0.706. The van der Waals surface area contributed by atoms with E-state index in [4.69, 9.17) is 4.74 Å². The first-order chi connectivity index (χ1) is 11.2. The lowest BCUT2D eigenvalue weighted by atomic mass is 10.0. The summed E-state index contributed by atoms with van der Waals surface area (Å²) in [7, 11) is -1.33. The largest absolute Gasteiger partial charge is 0.444 e. The van der Waals surface area contributed by atoms with Gasteiger partial charge in [-0.05, 0) is 59.9 Å². The SMILES string of the molecule is Cc1cc(C)nc([S@@](=O)C[C@@H]2CCCCN2C(=O)OC(C)(C)C)n1. The van der Waals surface area contributed by atoms with E-state index < -0.39 is 16.4 Å². The Hall–Kier alpha value is -1.50. The average molecular weight is 353 g/mol. The van der Waals surface area contributed by atoms with Gasteiger partial charge in [0.1, 0.15) is 5.60 Å². The van der Waals surface area contributed by atoms with E-state index in [9.17, 15) is 9.00 Å². The number of rotatable bonds is 3. The average Bonchev–Trinajstić information content (AvgIpc) is 2.44. The zero-order valence-electron chi connectivity index (χ0n) is 15.2. The van der Waals surface area contributed by atoms with Crippen molar-refractivity contribution in [2.24, 2.45) is 0 Å². The van der Waals surface area contributed by atoms with Gasteiger partial charge in [-0.3, -0.25) is 4.21 Å². The highest BCUT2D eigenvalue weighted by Crippen LogP contribution is 2.22. The van der Waals surface area contributed by atoms with Crippen LogP contribution in [0.2, 0.25) is 0 Å². The van der Waals surface area contributed by atoms with Crippen LogP contribution >= 0.6 is 0 Å². The fourth-order valence-corrected chi connectivity index (χ4v) is 4.12. The van der Waals surface area contributed by atoms with E-state index in [1.807, 2.05) is 40.7 Å². The number of aromatic nitrogens is 2. The van der Waals surface area contributed by atoms with Gasteiger partial charge in [0.05, 0.1) is 16.6 Å². The van der Waals surface area contributed by atoms with Gasteiger partial charge in [-0.15, -0.1) is 0 Å². The summed E-state index contributed by atoms with van der Waals surface area (Å²) < 4.78 is 18.2. The Morgan fingerprint density at radius 1 is 1.29 bits per heavy atom. The Morgan fingerprint density at radius 2 is 1.92 bits per heavy atom. The standard InChI is InChI=1S/C17H27N3O3S/c1-12-10-13(2)19-15(18-12)24(22)11-14-8-6-7-9-20(14)16(21)23-17(3,4)5/h10,14H,6-9,11H2,1-5H3/t14-,24-/m0/s1. The second kappa shape index (κ2) is 7.59. The van der Waals surface area contributed by atoms with Gasteiger partial charge >= 0.3 is 6.09 Å². The molecular weight excluding hydrogens is 326 g/mol. The number of ether oxygens (including phenoxy) is 1. The maximum absolute atomic E-state index is 12.7. The Kier molecular flexibility index (Phi) is 5.96. The molecule has 0 aromatic carbocycles. The molecule has 0 spiro atoms. The van der Waals surface area contributed by atoms with E-state index in [1.165, 1.54) is 0 Å². The number of amides is 1. The van der Waals surface area contributed by atoms with E-state index >= 15 is 0 Å². The van der Waals surface area contributed by atoms with Crippen molar-refractivity contribution in [2.75, 3.05) is 12.3 Å². The van der Waals surface area contributed by atoms with Crippen LogP contribution in [0.1, 0.15) is 51.4 Å². The van der Waals surface area contributed by atoms with Crippen molar-refractivity contribution >= 4 is 16.9 Å². The number of piperidine rings is 1. The Balaban J connectivity index is 2.10. The molecule has 0 radical (unpaired) electrons. The number of hydrogen-bond acceptors (Lipinski definition) is 5. The molecule has 0 aliphatic carbocycles. The second-order valence-electron chi connectivity index (χ2n) is 7.27. The second-order valence-corrected chi connectivity index (χ2v) is 8.66. The number of nitrogens with zero attached hydrogens (tertiary/aromatic N) is 3. The highest BCUT2D eigenvalue weighted by Gasteiger charge is 2.32. The van der Waals surface area contributed by atoms with Crippen LogP contribution in [0.3, 0.4) is 0 Å². The lowest BCUT2D eigenvalue weighted by Gasteiger charge is -2.36. The molecule has 6 nitrogen and oxygen atoms in total. The topological polar surface area (TPSA) is 72.4 Å². The summed E-state index contributed by atoms with van der Waals surface area (Å²) in [6.45, 7) is 9.93. The van der Waals surface area contributed by atoms with Crippen molar-refractivity contribution in [3.63, 3.8) is 0 Å². The lowest BCUT2D eigenvalue weighted by molar-refractivity contribution is 0.0125. The molecule has 1 aromatic heterocycles. The molecule has 0 N–H and O–H groups in total. The van der Waals surface area contributed by atoms with Gasteiger partial charge in [-0.25, -0.2) is 14.8 Å². The predicted octanol–water partition coefficient (Wildman–Crippen LogP) is 2.99. The van der Waals surface area contributed by atoms with Gasteiger partial charge in [0.2, 0.25) is 5.16 Å². The molecule has 1 amide bonds. The van der Waals surface area contributed by atoms with Crippen molar-refractivity contribution in [1.29, 1.82) is 0 Å². The van der Waals surface area contributed by atoms with Crippen LogP contribution in [0.15, 0.2) is 11.2 Å². The smallest absolute Gasteiger partial charge is 0.410 e. The van der Waals surface area contributed by atoms with Crippen LogP contribution < -0.4 is 0 Å². The first-order valence-corrected chi connectivity index (χ1v) is 9.68. The molecule has 2 rings (SSSR count). The monoisotopic (exact) mass is 353 g/mol. The number of likely N-dealkylation sites (tertiary alicyclic amines) is 1. The molecule has 1 aromatic rings. The van der Waals surface area contributed by atoms with E-state index in [0.717, 1.165) is 30.7 Å². The van der Waals surface area contributed by atoms with E-state index in [-0.39, 0.29) is 12.1 Å². The first kappa shape index (κ1) is 18.8. The van der Waals surface area contributed by atoms with E-state index in [2.05, 4.69) is 9.97 Å². The molecule has 134 valence electrons. The Morgan fingerprint density at radius 3 is 2.50 bits per heavy atom. The molecule has 7 heteroatoms. The summed E-state index contributed by atoms with van der Waals surface area (Å²) in [5, 5.41) is 0.349. The number of hydrogen-bond donors (Lipinski definition) is 0. The van der Waals surface area contributed by atoms with E-state index in [0.29, 0.717) is 17.5 Å². The normalized spacial score (nSPS) is 19.9.